The van der Waals surface area contributed by atoms with Crippen molar-refractivity contribution in [1.82, 2.24) is 0 Å². The average Bonchev–Trinajstić information content (AvgIpc) is 2.91. The molecule has 0 aliphatic heterocycles. The summed E-state index contributed by atoms with van der Waals surface area (Å²) in [5, 5.41) is 0. The summed E-state index contributed by atoms with van der Waals surface area (Å²) in [4.78, 5) is 0. The van der Waals surface area contributed by atoms with Gasteiger partial charge in [-0.2, -0.15) is 8.78 Å². The topological polar surface area (TPSA) is 9.23 Å². The van der Waals surface area contributed by atoms with Crippen LogP contribution in [-0.2, 0) is 0 Å². The molecule has 0 fully saturated rings. The van der Waals surface area contributed by atoms with E-state index >= 15 is 0 Å². The van der Waals surface area contributed by atoms with Crippen molar-refractivity contribution >= 4 is 5.57 Å². The fraction of sp³-hybridized carbons (Fsp3) is 0.375. The summed E-state index contributed by atoms with van der Waals surface area (Å²) >= 11 is 0. The fourth-order valence-corrected chi connectivity index (χ4v) is 4.74. The second kappa shape index (κ2) is 13.1. The number of ether oxygens (including phenoxy) is 1. The first-order chi connectivity index (χ1) is 19.9. The summed E-state index contributed by atoms with van der Waals surface area (Å²) in [6.07, 6.45) is -2.43. The highest BCUT2D eigenvalue weighted by Crippen LogP contribution is 2.40. The van der Waals surface area contributed by atoms with E-state index in [0.29, 0.717) is 36.3 Å². The van der Waals surface area contributed by atoms with Crippen LogP contribution in [0.25, 0.3) is 5.57 Å². The van der Waals surface area contributed by atoms with Crippen molar-refractivity contribution in [1.29, 1.82) is 0 Å². The quantitative estimate of drug-likeness (QED) is 0.164. The minimum absolute atomic E-state index is 0.0459. The lowest BCUT2D eigenvalue weighted by atomic mass is 9.90. The molecule has 0 saturated carbocycles. The van der Waals surface area contributed by atoms with Gasteiger partial charge in [0.15, 0.2) is 12.3 Å². The summed E-state index contributed by atoms with van der Waals surface area (Å²) in [5.74, 6) is -4.04. The van der Waals surface area contributed by atoms with Crippen LogP contribution in [0.4, 0.5) is 39.5 Å². The van der Waals surface area contributed by atoms with Gasteiger partial charge in [0.25, 0.3) is 0 Å². The van der Waals surface area contributed by atoms with Gasteiger partial charge in [-0.15, -0.1) is 0 Å². The Morgan fingerprint density at radius 2 is 1.67 bits per heavy atom. The zero-order valence-corrected chi connectivity index (χ0v) is 22.4. The molecule has 1 aromatic carbocycles. The molecule has 3 aliphatic rings. The Morgan fingerprint density at radius 3 is 2.31 bits per heavy atom. The molecule has 0 aromatic heterocycles. The van der Waals surface area contributed by atoms with Crippen LogP contribution in [0.2, 0.25) is 0 Å². The lowest BCUT2D eigenvalue weighted by Gasteiger charge is -2.27. The lowest BCUT2D eigenvalue weighted by Crippen LogP contribution is -2.36. The predicted molar refractivity (Wildman–Crippen MR) is 142 cm³/mol. The Morgan fingerprint density at radius 1 is 0.905 bits per heavy atom. The van der Waals surface area contributed by atoms with Crippen LogP contribution in [0.5, 0.6) is 5.75 Å². The molecule has 42 heavy (non-hydrogen) atoms. The standard InChI is InChI=1S/C32H27F9O/c1-2-3-4-5-19-13-25(33)23(26(34)14-19)9-6-18-7-11-24(28(36)12-18)32(40,41)42-21-8-10-22(27(35)17-21)20-15-29(37)31(39)30(38)16-20/h7-8,10,12-17,23-25,29,31H,2-5,11H2,1H3. The molecule has 0 bridgehead atoms. The van der Waals surface area contributed by atoms with E-state index in [2.05, 4.69) is 16.6 Å². The SMILES string of the molecule is CCCCCC1=CC(F)C(C#CC2=CCC(C(F)(F)Oc3ccc(C4=CC(F)C(F)C(F)=C4)c(F)c3)C(F)=C2)C(F)=C1. The molecular formula is C32H27F9O. The molecule has 4 rings (SSSR count). The number of hydrogen-bond donors (Lipinski definition) is 0. The largest absolute Gasteiger partial charge is 0.432 e. The summed E-state index contributed by atoms with van der Waals surface area (Å²) in [6.45, 7) is 2.01. The number of alkyl halides is 5. The van der Waals surface area contributed by atoms with E-state index in [1.165, 1.54) is 18.2 Å². The van der Waals surface area contributed by atoms with Gasteiger partial charge in [-0.3, -0.25) is 0 Å². The third-order valence-corrected chi connectivity index (χ3v) is 7.04. The maximum absolute atomic E-state index is 14.9. The van der Waals surface area contributed by atoms with Crippen molar-refractivity contribution in [3.05, 3.63) is 94.7 Å². The molecule has 0 heterocycles. The van der Waals surface area contributed by atoms with Crippen LogP contribution in [0.3, 0.4) is 0 Å². The monoisotopic (exact) mass is 598 g/mol. The zero-order valence-electron chi connectivity index (χ0n) is 22.4. The normalized spacial score (nSPS) is 26.1. The van der Waals surface area contributed by atoms with Crippen LogP contribution >= 0.6 is 0 Å². The molecule has 0 N–H and O–H groups in total. The van der Waals surface area contributed by atoms with E-state index in [-0.39, 0.29) is 16.7 Å². The Bertz CT molecular complexity index is 1440. The van der Waals surface area contributed by atoms with E-state index in [1.807, 2.05) is 6.92 Å². The molecule has 10 heteroatoms. The molecule has 3 aliphatic carbocycles. The van der Waals surface area contributed by atoms with Gasteiger partial charge in [0.05, 0.1) is 0 Å². The van der Waals surface area contributed by atoms with Crippen LogP contribution in [0, 0.1) is 29.5 Å². The second-order valence-corrected chi connectivity index (χ2v) is 10.2. The van der Waals surface area contributed by atoms with Crippen LogP contribution in [0.15, 0.2) is 83.3 Å². The molecule has 0 radical (unpaired) electrons. The van der Waals surface area contributed by atoms with E-state index in [0.717, 1.165) is 31.4 Å². The first-order valence-corrected chi connectivity index (χ1v) is 13.4. The third kappa shape index (κ3) is 7.23. The highest BCUT2D eigenvalue weighted by molar-refractivity contribution is 5.77. The number of allylic oxidation sites excluding steroid dienone is 11. The number of hydrogen-bond acceptors (Lipinski definition) is 1. The molecule has 224 valence electrons. The number of rotatable bonds is 8. The molecule has 0 spiro atoms. The molecule has 1 nitrogen and oxygen atoms in total. The maximum Gasteiger partial charge on any atom is 0.407 e. The molecule has 0 saturated heterocycles. The van der Waals surface area contributed by atoms with Gasteiger partial charge < -0.3 is 4.74 Å². The first kappa shape index (κ1) is 31.3. The Hall–Kier alpha value is -3.61. The van der Waals surface area contributed by atoms with Crippen LogP contribution in [-0.4, -0.2) is 24.6 Å². The van der Waals surface area contributed by atoms with Crippen molar-refractivity contribution in [3.8, 4) is 17.6 Å². The first-order valence-electron chi connectivity index (χ1n) is 13.4. The summed E-state index contributed by atoms with van der Waals surface area (Å²) in [6, 6.07) is 2.35. The highest BCUT2D eigenvalue weighted by Gasteiger charge is 2.46. The van der Waals surface area contributed by atoms with E-state index in [9.17, 15) is 39.5 Å². The summed E-state index contributed by atoms with van der Waals surface area (Å²) in [5.41, 5.74) is -0.214. The van der Waals surface area contributed by atoms with Crippen molar-refractivity contribution in [3.63, 3.8) is 0 Å². The zero-order chi connectivity index (χ0) is 30.6. The van der Waals surface area contributed by atoms with Gasteiger partial charge in [0.2, 0.25) is 0 Å². The Kier molecular flexibility index (Phi) is 9.80. The minimum Gasteiger partial charge on any atom is -0.432 e. The highest BCUT2D eigenvalue weighted by atomic mass is 19.3. The third-order valence-electron chi connectivity index (χ3n) is 7.04. The molecular weight excluding hydrogens is 571 g/mol. The van der Waals surface area contributed by atoms with Crippen LogP contribution in [0.1, 0.15) is 44.6 Å². The fourth-order valence-electron chi connectivity index (χ4n) is 4.74. The second-order valence-electron chi connectivity index (χ2n) is 10.2. The van der Waals surface area contributed by atoms with Gasteiger partial charge in [-0.25, -0.2) is 30.7 Å². The smallest absolute Gasteiger partial charge is 0.407 e. The lowest BCUT2D eigenvalue weighted by molar-refractivity contribution is -0.209. The van der Waals surface area contributed by atoms with Crippen LogP contribution < -0.4 is 4.74 Å². The van der Waals surface area contributed by atoms with Gasteiger partial charge in [0.1, 0.15) is 47.1 Å². The minimum atomic E-state index is -4.16. The van der Waals surface area contributed by atoms with Gasteiger partial charge in [-0.05, 0) is 72.9 Å². The van der Waals surface area contributed by atoms with E-state index in [4.69, 9.17) is 0 Å². The Balaban J connectivity index is 1.41. The van der Waals surface area contributed by atoms with Crippen molar-refractivity contribution in [2.24, 2.45) is 11.8 Å². The molecule has 1 aromatic rings. The number of benzene rings is 1. The van der Waals surface area contributed by atoms with E-state index < -0.39 is 71.9 Å². The van der Waals surface area contributed by atoms with Gasteiger partial charge in [0, 0.05) is 17.2 Å². The maximum atomic E-state index is 14.9. The summed E-state index contributed by atoms with van der Waals surface area (Å²) in [7, 11) is 0. The van der Waals surface area contributed by atoms with Crippen molar-refractivity contribution < 1.29 is 44.3 Å². The molecule has 0 amide bonds. The summed E-state index contributed by atoms with van der Waals surface area (Å²) < 4.78 is 133. The van der Waals surface area contributed by atoms with E-state index in [1.54, 1.807) is 0 Å². The molecule has 5 atom stereocenters. The Labute approximate surface area is 237 Å². The van der Waals surface area contributed by atoms with Gasteiger partial charge >= 0.3 is 6.11 Å². The number of unbranched alkanes of at least 4 members (excludes halogenated alkanes) is 2. The average molecular weight is 599 g/mol. The van der Waals surface area contributed by atoms with Gasteiger partial charge in [-0.1, -0.05) is 37.7 Å². The number of halogens is 9. The van der Waals surface area contributed by atoms with Crippen molar-refractivity contribution in [2.45, 2.75) is 63.7 Å². The predicted octanol–water partition coefficient (Wildman–Crippen LogP) is 9.85. The molecule has 5 unspecified atom stereocenters. The van der Waals surface area contributed by atoms with Crippen molar-refractivity contribution in [2.75, 3.05) is 0 Å².